The topological polar surface area (TPSA) is 90.3 Å². The van der Waals surface area contributed by atoms with Gasteiger partial charge >= 0.3 is 5.97 Å². The minimum Gasteiger partial charge on any atom is -0.453 e. The van der Waals surface area contributed by atoms with E-state index in [-0.39, 0.29) is 24.1 Å². The Morgan fingerprint density at radius 2 is 1.93 bits per heavy atom. The van der Waals surface area contributed by atoms with Crippen LogP contribution in [0.1, 0.15) is 19.2 Å². The van der Waals surface area contributed by atoms with Gasteiger partial charge in [-0.25, -0.2) is 13.8 Å². The van der Waals surface area contributed by atoms with E-state index in [4.69, 9.17) is 4.74 Å². The predicted octanol–water partition coefficient (Wildman–Crippen LogP) is 2.71. The zero-order valence-electron chi connectivity index (χ0n) is 16.3. The smallest absolute Gasteiger partial charge is 0.307 e. The second-order valence-corrected chi connectivity index (χ2v) is 6.65. The highest BCUT2D eigenvalue weighted by molar-refractivity contribution is 5.95. The molecule has 30 heavy (non-hydrogen) atoms. The molecule has 0 saturated heterocycles. The Hall–Kier alpha value is -3.62. The summed E-state index contributed by atoms with van der Waals surface area (Å²) < 4.78 is 33.2. The number of benzene rings is 2. The highest BCUT2D eigenvalue weighted by Gasteiger charge is 2.20. The van der Waals surface area contributed by atoms with Crippen molar-refractivity contribution < 1.29 is 23.1 Å². The first-order valence-corrected chi connectivity index (χ1v) is 9.16. The molecular formula is C21H19F2N3O4. The molecule has 1 amide bonds. The summed E-state index contributed by atoms with van der Waals surface area (Å²) in [5.74, 6) is -2.63. The molecule has 7 nitrogen and oxygen atoms in total. The van der Waals surface area contributed by atoms with Crippen molar-refractivity contribution in [2.45, 2.75) is 25.9 Å². The lowest BCUT2D eigenvalue weighted by atomic mass is 10.2. The summed E-state index contributed by atoms with van der Waals surface area (Å²) in [6, 6.07) is 9.50. The second kappa shape index (κ2) is 8.81. The number of carbonyl (C=O) groups is 2. The fourth-order valence-corrected chi connectivity index (χ4v) is 2.84. The molecule has 0 fully saturated rings. The Balaban J connectivity index is 1.61. The number of para-hydroxylation sites is 1. The number of amides is 1. The van der Waals surface area contributed by atoms with E-state index in [2.05, 4.69) is 10.3 Å². The maximum Gasteiger partial charge on any atom is 0.307 e. The second-order valence-electron chi connectivity index (χ2n) is 6.65. The monoisotopic (exact) mass is 415 g/mol. The predicted molar refractivity (Wildman–Crippen MR) is 106 cm³/mol. The Labute approximate surface area is 170 Å². The summed E-state index contributed by atoms with van der Waals surface area (Å²) in [7, 11) is 1.56. The summed E-state index contributed by atoms with van der Waals surface area (Å²) >= 11 is 0. The van der Waals surface area contributed by atoms with E-state index in [0.717, 1.165) is 18.2 Å². The summed E-state index contributed by atoms with van der Waals surface area (Å²) in [5.41, 5.74) is -0.0547. The number of anilines is 1. The number of hydrogen-bond donors (Lipinski definition) is 1. The lowest BCUT2D eigenvalue weighted by Gasteiger charge is -2.14. The number of nitrogens with zero attached hydrogens (tertiary/aromatic N) is 2. The van der Waals surface area contributed by atoms with Crippen LogP contribution in [0.15, 0.2) is 47.3 Å². The molecule has 0 aliphatic carbocycles. The van der Waals surface area contributed by atoms with Gasteiger partial charge in [0.1, 0.15) is 17.5 Å². The van der Waals surface area contributed by atoms with Crippen LogP contribution >= 0.6 is 0 Å². The van der Waals surface area contributed by atoms with Gasteiger partial charge in [0, 0.05) is 19.5 Å². The minimum absolute atomic E-state index is 0.120. The molecule has 0 saturated carbocycles. The van der Waals surface area contributed by atoms with Gasteiger partial charge in [0.15, 0.2) is 6.10 Å². The van der Waals surface area contributed by atoms with Crippen molar-refractivity contribution in [1.82, 2.24) is 9.55 Å². The Bertz CT molecular complexity index is 1180. The third-order valence-corrected chi connectivity index (χ3v) is 4.49. The SMILES string of the molecule is C[C@H](OC(=O)CCc1nc2ccccc2c(=O)n1C)C(=O)Nc1cc(F)ccc1F. The van der Waals surface area contributed by atoms with Crippen LogP contribution in [-0.2, 0) is 27.8 Å². The number of hydrogen-bond acceptors (Lipinski definition) is 5. The fraction of sp³-hybridized carbons (Fsp3) is 0.238. The molecule has 1 N–H and O–H groups in total. The zero-order valence-corrected chi connectivity index (χ0v) is 16.3. The molecule has 0 radical (unpaired) electrons. The quantitative estimate of drug-likeness (QED) is 0.626. The van der Waals surface area contributed by atoms with Crippen LogP contribution in [-0.4, -0.2) is 27.5 Å². The average molecular weight is 415 g/mol. The van der Waals surface area contributed by atoms with Gasteiger partial charge in [-0.2, -0.15) is 0 Å². The van der Waals surface area contributed by atoms with Crippen molar-refractivity contribution in [2.75, 3.05) is 5.32 Å². The van der Waals surface area contributed by atoms with E-state index in [9.17, 15) is 23.2 Å². The average Bonchev–Trinajstić information content (AvgIpc) is 2.72. The first-order valence-electron chi connectivity index (χ1n) is 9.16. The van der Waals surface area contributed by atoms with E-state index in [0.29, 0.717) is 16.7 Å². The molecule has 0 bridgehead atoms. The van der Waals surface area contributed by atoms with E-state index in [1.165, 1.54) is 11.5 Å². The number of halogens is 2. The molecule has 3 aromatic rings. The third-order valence-electron chi connectivity index (χ3n) is 4.49. The van der Waals surface area contributed by atoms with E-state index in [1.807, 2.05) is 0 Å². The molecule has 0 aliphatic rings. The molecule has 0 spiro atoms. The van der Waals surface area contributed by atoms with Crippen molar-refractivity contribution in [3.05, 3.63) is 70.3 Å². The molecule has 156 valence electrons. The molecule has 0 unspecified atom stereocenters. The summed E-state index contributed by atoms with van der Waals surface area (Å²) in [4.78, 5) is 41.0. The number of aryl methyl sites for hydroxylation is 1. The van der Waals surface area contributed by atoms with E-state index >= 15 is 0 Å². The Kier molecular flexibility index (Phi) is 6.20. The van der Waals surface area contributed by atoms with Gasteiger partial charge < -0.3 is 10.1 Å². The van der Waals surface area contributed by atoms with E-state index < -0.39 is 29.6 Å². The van der Waals surface area contributed by atoms with Crippen molar-refractivity contribution in [1.29, 1.82) is 0 Å². The number of carbonyl (C=O) groups excluding carboxylic acids is 2. The maximum absolute atomic E-state index is 13.6. The zero-order chi connectivity index (χ0) is 21.8. The summed E-state index contributed by atoms with van der Waals surface area (Å²) in [6.45, 7) is 1.31. The van der Waals surface area contributed by atoms with Gasteiger partial charge in [-0.05, 0) is 31.2 Å². The van der Waals surface area contributed by atoms with Crippen LogP contribution < -0.4 is 10.9 Å². The molecule has 2 aromatic carbocycles. The van der Waals surface area contributed by atoms with Crippen molar-refractivity contribution >= 4 is 28.5 Å². The number of rotatable bonds is 6. The lowest BCUT2D eigenvalue weighted by Crippen LogP contribution is -2.30. The molecule has 0 aliphatic heterocycles. The van der Waals surface area contributed by atoms with Gasteiger partial charge in [-0.3, -0.25) is 19.0 Å². The lowest BCUT2D eigenvalue weighted by molar-refractivity contribution is -0.153. The summed E-state index contributed by atoms with van der Waals surface area (Å²) in [6.07, 6.45) is -1.22. The number of aromatic nitrogens is 2. The molecule has 3 rings (SSSR count). The van der Waals surface area contributed by atoms with Crippen LogP contribution in [0.4, 0.5) is 14.5 Å². The number of esters is 1. The minimum atomic E-state index is -1.23. The van der Waals surface area contributed by atoms with Crippen LogP contribution in [0.5, 0.6) is 0 Å². The standard InChI is InChI=1S/C21H19F2N3O4/c1-12(20(28)25-17-11-13(22)7-8-15(17)23)30-19(27)10-9-18-24-16-6-4-3-5-14(16)21(29)26(18)2/h3-8,11-12H,9-10H2,1-2H3,(H,25,28)/t12-/m0/s1. The third kappa shape index (κ3) is 4.68. The van der Waals surface area contributed by atoms with Gasteiger partial charge in [-0.15, -0.1) is 0 Å². The van der Waals surface area contributed by atoms with Crippen molar-refractivity contribution in [2.24, 2.45) is 7.05 Å². The Morgan fingerprint density at radius 3 is 2.70 bits per heavy atom. The Morgan fingerprint density at radius 1 is 1.20 bits per heavy atom. The first kappa shape index (κ1) is 21.1. The summed E-state index contributed by atoms with van der Waals surface area (Å²) in [5, 5.41) is 2.65. The maximum atomic E-state index is 13.6. The normalized spacial score (nSPS) is 11.9. The fourth-order valence-electron chi connectivity index (χ4n) is 2.84. The van der Waals surface area contributed by atoms with Crippen LogP contribution in [0.3, 0.4) is 0 Å². The molecular weight excluding hydrogens is 396 g/mol. The van der Waals surface area contributed by atoms with Crippen molar-refractivity contribution in [3.63, 3.8) is 0 Å². The highest BCUT2D eigenvalue weighted by atomic mass is 19.1. The number of ether oxygens (including phenoxy) is 1. The molecule has 9 heteroatoms. The van der Waals surface area contributed by atoms with Gasteiger partial charge in [0.2, 0.25) is 0 Å². The molecule has 1 heterocycles. The van der Waals surface area contributed by atoms with Gasteiger partial charge in [0.25, 0.3) is 11.5 Å². The van der Waals surface area contributed by atoms with Crippen LogP contribution in [0.2, 0.25) is 0 Å². The van der Waals surface area contributed by atoms with Gasteiger partial charge in [-0.1, -0.05) is 12.1 Å². The van der Waals surface area contributed by atoms with Gasteiger partial charge in [0.05, 0.1) is 23.0 Å². The molecule has 1 aromatic heterocycles. The van der Waals surface area contributed by atoms with Crippen molar-refractivity contribution in [3.8, 4) is 0 Å². The number of nitrogens with one attached hydrogen (secondary N) is 1. The first-order chi connectivity index (χ1) is 14.3. The van der Waals surface area contributed by atoms with Crippen LogP contribution in [0, 0.1) is 11.6 Å². The largest absolute Gasteiger partial charge is 0.453 e. The van der Waals surface area contributed by atoms with Crippen LogP contribution in [0.25, 0.3) is 10.9 Å². The highest BCUT2D eigenvalue weighted by Crippen LogP contribution is 2.16. The van der Waals surface area contributed by atoms with E-state index in [1.54, 1.807) is 31.3 Å². The molecule has 1 atom stereocenters. The number of fused-ring (bicyclic) bond motifs is 1.